The van der Waals surface area contributed by atoms with Crippen molar-refractivity contribution in [1.29, 1.82) is 0 Å². The summed E-state index contributed by atoms with van der Waals surface area (Å²) in [6.07, 6.45) is 2.67. The molecule has 0 unspecified atom stereocenters. The fourth-order valence-electron chi connectivity index (χ4n) is 3.02. The molecule has 0 aliphatic rings. The van der Waals surface area contributed by atoms with E-state index in [-0.39, 0.29) is 5.91 Å². The van der Waals surface area contributed by atoms with Gasteiger partial charge < -0.3 is 5.32 Å². The summed E-state index contributed by atoms with van der Waals surface area (Å²) >= 11 is 0. The van der Waals surface area contributed by atoms with Crippen LogP contribution in [0.2, 0.25) is 0 Å². The van der Waals surface area contributed by atoms with Gasteiger partial charge in [0, 0.05) is 11.3 Å². The highest BCUT2D eigenvalue weighted by Gasteiger charge is 2.12. The number of nitrogens with one attached hydrogen (secondary N) is 1. The average molecular weight is 329 g/mol. The lowest BCUT2D eigenvalue weighted by molar-refractivity contribution is 0.102. The van der Waals surface area contributed by atoms with Crippen LogP contribution in [0.25, 0.3) is 0 Å². The molecule has 1 N–H and O–H groups in total. The molecule has 3 aromatic carbocycles. The van der Waals surface area contributed by atoms with E-state index in [0.29, 0.717) is 0 Å². The second-order valence-electron chi connectivity index (χ2n) is 6.11. The summed E-state index contributed by atoms with van der Waals surface area (Å²) in [4.78, 5) is 12.8. The molecule has 0 atom stereocenters. The predicted molar refractivity (Wildman–Crippen MR) is 104 cm³/mol. The molecule has 25 heavy (non-hydrogen) atoms. The summed E-state index contributed by atoms with van der Waals surface area (Å²) in [7, 11) is 0. The number of benzene rings is 3. The highest BCUT2D eigenvalue weighted by Crippen LogP contribution is 2.19. The third kappa shape index (κ3) is 4.36. The highest BCUT2D eigenvalue weighted by molar-refractivity contribution is 6.05. The molecule has 1 amide bonds. The number of anilines is 1. The maximum Gasteiger partial charge on any atom is 0.255 e. The van der Waals surface area contributed by atoms with E-state index in [0.717, 1.165) is 41.6 Å². The molecule has 3 rings (SSSR count). The number of aryl methyl sites for hydroxylation is 3. The summed E-state index contributed by atoms with van der Waals surface area (Å²) in [5.41, 5.74) is 5.17. The van der Waals surface area contributed by atoms with E-state index in [1.807, 2.05) is 48.5 Å². The van der Waals surface area contributed by atoms with E-state index in [9.17, 15) is 4.79 Å². The van der Waals surface area contributed by atoms with Gasteiger partial charge in [-0.15, -0.1) is 0 Å². The second-order valence-corrected chi connectivity index (χ2v) is 6.11. The molecule has 0 saturated heterocycles. The molecule has 0 bridgehead atoms. The molecule has 0 aromatic heterocycles. The molecular weight excluding hydrogens is 306 g/mol. The number of hydrogen-bond donors (Lipinski definition) is 1. The molecule has 2 heteroatoms. The minimum absolute atomic E-state index is 0.0374. The van der Waals surface area contributed by atoms with E-state index in [4.69, 9.17) is 0 Å². The molecule has 0 radical (unpaired) electrons. The van der Waals surface area contributed by atoms with Crippen molar-refractivity contribution in [2.45, 2.75) is 26.2 Å². The van der Waals surface area contributed by atoms with Gasteiger partial charge in [0.15, 0.2) is 0 Å². The molecule has 0 saturated carbocycles. The Bertz CT molecular complexity index is 839. The molecular formula is C23H23NO. The Morgan fingerprint density at radius 1 is 0.760 bits per heavy atom. The molecule has 2 nitrogen and oxygen atoms in total. The largest absolute Gasteiger partial charge is 0.322 e. The summed E-state index contributed by atoms with van der Waals surface area (Å²) in [6, 6.07) is 26.2. The van der Waals surface area contributed by atoms with Gasteiger partial charge in [0.1, 0.15) is 0 Å². The van der Waals surface area contributed by atoms with Gasteiger partial charge in [-0.05, 0) is 48.1 Å². The maximum absolute atomic E-state index is 12.8. The van der Waals surface area contributed by atoms with E-state index < -0.39 is 0 Å². The minimum Gasteiger partial charge on any atom is -0.322 e. The van der Waals surface area contributed by atoms with Gasteiger partial charge in [0.25, 0.3) is 5.91 Å². The Hall–Kier alpha value is -2.87. The van der Waals surface area contributed by atoms with Gasteiger partial charge in [-0.2, -0.15) is 0 Å². The third-order valence-electron chi connectivity index (χ3n) is 4.43. The van der Waals surface area contributed by atoms with Gasteiger partial charge in [0.05, 0.1) is 0 Å². The second kappa shape index (κ2) is 8.29. The molecule has 126 valence electrons. The van der Waals surface area contributed by atoms with Crippen LogP contribution in [0.5, 0.6) is 0 Å². The molecule has 0 aliphatic carbocycles. The van der Waals surface area contributed by atoms with Crippen LogP contribution in [-0.2, 0) is 19.3 Å². The van der Waals surface area contributed by atoms with Crippen LogP contribution in [0, 0.1) is 0 Å². The number of rotatable bonds is 6. The zero-order chi connectivity index (χ0) is 17.5. The number of carbonyl (C=O) groups excluding carboxylic acids is 1. The molecule has 0 fully saturated rings. The van der Waals surface area contributed by atoms with Gasteiger partial charge in [-0.25, -0.2) is 0 Å². The lowest BCUT2D eigenvalue weighted by Crippen LogP contribution is -2.15. The molecule has 0 spiro atoms. The number of amides is 1. The Morgan fingerprint density at radius 3 is 2.16 bits per heavy atom. The standard InChI is InChI=1S/C23H23NO/c1-2-19-12-7-9-15-22(19)24-23(25)21-14-8-6-13-20(21)17-16-18-10-4-3-5-11-18/h3-15H,2,16-17H2,1H3,(H,24,25). The molecule has 0 aliphatic heterocycles. The minimum atomic E-state index is -0.0374. The van der Waals surface area contributed by atoms with Crippen molar-refractivity contribution < 1.29 is 4.79 Å². The SMILES string of the molecule is CCc1ccccc1NC(=O)c1ccccc1CCc1ccccc1. The molecule has 0 heterocycles. The van der Waals surface area contributed by atoms with Crippen LogP contribution in [0.4, 0.5) is 5.69 Å². The lowest BCUT2D eigenvalue weighted by Gasteiger charge is -2.12. The van der Waals surface area contributed by atoms with E-state index in [1.54, 1.807) is 0 Å². The highest BCUT2D eigenvalue weighted by atomic mass is 16.1. The lowest BCUT2D eigenvalue weighted by atomic mass is 9.99. The molecule has 3 aromatic rings. The first-order valence-corrected chi connectivity index (χ1v) is 8.79. The van der Waals surface area contributed by atoms with Crippen molar-refractivity contribution in [2.75, 3.05) is 5.32 Å². The van der Waals surface area contributed by atoms with Crippen LogP contribution in [0.1, 0.15) is 34.0 Å². The normalized spacial score (nSPS) is 10.4. The summed E-state index contributed by atoms with van der Waals surface area (Å²) in [6.45, 7) is 2.10. The van der Waals surface area contributed by atoms with Crippen LogP contribution < -0.4 is 5.32 Å². The summed E-state index contributed by atoms with van der Waals surface area (Å²) in [5, 5.41) is 3.08. The third-order valence-corrected chi connectivity index (χ3v) is 4.43. The van der Waals surface area contributed by atoms with Crippen molar-refractivity contribution in [2.24, 2.45) is 0 Å². The topological polar surface area (TPSA) is 29.1 Å². The fraction of sp³-hybridized carbons (Fsp3) is 0.174. The zero-order valence-corrected chi connectivity index (χ0v) is 14.5. The van der Waals surface area contributed by atoms with Crippen LogP contribution >= 0.6 is 0 Å². The number of para-hydroxylation sites is 1. The van der Waals surface area contributed by atoms with Crippen molar-refractivity contribution in [3.63, 3.8) is 0 Å². The van der Waals surface area contributed by atoms with Gasteiger partial charge in [-0.1, -0.05) is 73.7 Å². The summed E-state index contributed by atoms with van der Waals surface area (Å²) in [5.74, 6) is -0.0374. The van der Waals surface area contributed by atoms with Crippen molar-refractivity contribution in [1.82, 2.24) is 0 Å². The summed E-state index contributed by atoms with van der Waals surface area (Å²) < 4.78 is 0. The van der Waals surface area contributed by atoms with Crippen molar-refractivity contribution in [3.8, 4) is 0 Å². The van der Waals surface area contributed by atoms with Crippen LogP contribution in [0.15, 0.2) is 78.9 Å². The smallest absolute Gasteiger partial charge is 0.255 e. The first-order chi connectivity index (χ1) is 12.3. The van der Waals surface area contributed by atoms with Crippen LogP contribution in [-0.4, -0.2) is 5.91 Å². The van der Waals surface area contributed by atoms with E-state index in [1.165, 1.54) is 5.56 Å². The first-order valence-electron chi connectivity index (χ1n) is 8.79. The Labute approximate surface area is 149 Å². The Morgan fingerprint density at radius 2 is 1.40 bits per heavy atom. The average Bonchev–Trinajstić information content (AvgIpc) is 2.68. The first kappa shape index (κ1) is 17.0. The zero-order valence-electron chi connectivity index (χ0n) is 14.5. The van der Waals surface area contributed by atoms with Gasteiger partial charge in [0.2, 0.25) is 0 Å². The quantitative estimate of drug-likeness (QED) is 0.654. The number of carbonyl (C=O) groups is 1. The Balaban J connectivity index is 1.76. The van der Waals surface area contributed by atoms with Gasteiger partial charge >= 0.3 is 0 Å². The van der Waals surface area contributed by atoms with Crippen molar-refractivity contribution >= 4 is 11.6 Å². The van der Waals surface area contributed by atoms with Gasteiger partial charge in [-0.3, -0.25) is 4.79 Å². The van der Waals surface area contributed by atoms with Crippen molar-refractivity contribution in [3.05, 3.63) is 101 Å². The monoisotopic (exact) mass is 329 g/mol. The van der Waals surface area contributed by atoms with E-state index >= 15 is 0 Å². The maximum atomic E-state index is 12.8. The number of hydrogen-bond acceptors (Lipinski definition) is 1. The fourth-order valence-corrected chi connectivity index (χ4v) is 3.02. The van der Waals surface area contributed by atoms with E-state index in [2.05, 4.69) is 42.6 Å². The predicted octanol–water partition coefficient (Wildman–Crippen LogP) is 5.29. The van der Waals surface area contributed by atoms with Crippen LogP contribution in [0.3, 0.4) is 0 Å². The Kier molecular flexibility index (Phi) is 5.63.